The van der Waals surface area contributed by atoms with Crippen LogP contribution in [-0.4, -0.2) is 17.7 Å². The number of nitrogens with one attached hydrogen (secondary N) is 1. The van der Waals surface area contributed by atoms with Gasteiger partial charge in [-0.3, -0.25) is 0 Å². The van der Waals surface area contributed by atoms with E-state index in [4.69, 9.17) is 4.74 Å². The smallest absolute Gasteiger partial charge is 0.0681 e. The van der Waals surface area contributed by atoms with Gasteiger partial charge >= 0.3 is 0 Å². The molecule has 118 valence electrons. The Kier molecular flexibility index (Phi) is 4.51. The Labute approximate surface area is 130 Å². The van der Waals surface area contributed by atoms with Crippen molar-refractivity contribution in [2.45, 2.75) is 72.1 Å². The highest BCUT2D eigenvalue weighted by atomic mass is 16.5. The van der Waals surface area contributed by atoms with E-state index >= 15 is 0 Å². The first-order chi connectivity index (χ1) is 9.68. The maximum Gasteiger partial charge on any atom is 0.0681 e. The van der Waals surface area contributed by atoms with Crippen molar-refractivity contribution in [1.29, 1.82) is 0 Å². The van der Waals surface area contributed by atoms with Gasteiger partial charge in [-0.15, -0.1) is 0 Å². The molecule has 0 aliphatic carbocycles. The molecule has 0 aromatic heterocycles. The van der Waals surface area contributed by atoms with Crippen molar-refractivity contribution < 1.29 is 4.74 Å². The van der Waals surface area contributed by atoms with E-state index in [0.717, 1.165) is 13.0 Å². The van der Waals surface area contributed by atoms with Crippen LogP contribution in [0.1, 0.15) is 63.8 Å². The lowest BCUT2D eigenvalue weighted by Gasteiger charge is -2.34. The van der Waals surface area contributed by atoms with Gasteiger partial charge in [-0.2, -0.15) is 0 Å². The van der Waals surface area contributed by atoms with E-state index in [-0.39, 0.29) is 11.2 Å². The van der Waals surface area contributed by atoms with Crippen LogP contribution in [0.5, 0.6) is 0 Å². The van der Waals surface area contributed by atoms with Crippen LogP contribution in [0, 0.1) is 19.8 Å². The summed E-state index contributed by atoms with van der Waals surface area (Å²) < 4.78 is 6.33. The molecule has 0 spiro atoms. The van der Waals surface area contributed by atoms with Crippen LogP contribution in [0.15, 0.2) is 18.2 Å². The normalized spacial score (nSPS) is 25.0. The third-order valence-corrected chi connectivity index (χ3v) is 4.95. The first-order valence-corrected chi connectivity index (χ1v) is 8.17. The second-order valence-corrected chi connectivity index (χ2v) is 7.60. The van der Waals surface area contributed by atoms with Crippen LogP contribution < -0.4 is 5.32 Å². The Morgan fingerprint density at radius 2 is 1.90 bits per heavy atom. The monoisotopic (exact) mass is 289 g/mol. The summed E-state index contributed by atoms with van der Waals surface area (Å²) in [6.45, 7) is 16.5. The van der Waals surface area contributed by atoms with E-state index < -0.39 is 0 Å². The molecular weight excluding hydrogens is 258 g/mol. The molecule has 1 aliphatic heterocycles. The molecule has 21 heavy (non-hydrogen) atoms. The molecule has 2 rings (SSSR count). The summed E-state index contributed by atoms with van der Waals surface area (Å²) in [6, 6.07) is 7.00. The maximum absolute atomic E-state index is 6.33. The lowest BCUT2D eigenvalue weighted by Crippen LogP contribution is -2.38. The van der Waals surface area contributed by atoms with E-state index in [1.54, 1.807) is 0 Å². The van der Waals surface area contributed by atoms with Crippen molar-refractivity contribution in [2.24, 2.45) is 5.92 Å². The maximum atomic E-state index is 6.33. The van der Waals surface area contributed by atoms with Crippen molar-refractivity contribution in [3.63, 3.8) is 0 Å². The fraction of sp³-hybridized carbons (Fsp3) is 0.684. The SMILES string of the molecule is CCNC(c1cccc(C)c1C)C1CC(C)(C)OC1(C)C. The van der Waals surface area contributed by atoms with Crippen molar-refractivity contribution in [2.75, 3.05) is 6.54 Å². The molecule has 2 heteroatoms. The summed E-state index contributed by atoms with van der Waals surface area (Å²) in [5, 5.41) is 3.72. The molecule has 2 nitrogen and oxygen atoms in total. The third kappa shape index (κ3) is 3.32. The summed E-state index contributed by atoms with van der Waals surface area (Å²) in [5.41, 5.74) is 4.05. The molecule has 1 aromatic rings. The van der Waals surface area contributed by atoms with E-state index in [0.29, 0.717) is 12.0 Å². The number of rotatable bonds is 4. The highest BCUT2D eigenvalue weighted by Gasteiger charge is 2.49. The zero-order chi connectivity index (χ0) is 15.8. The van der Waals surface area contributed by atoms with E-state index in [9.17, 15) is 0 Å². The van der Waals surface area contributed by atoms with Gasteiger partial charge in [0.15, 0.2) is 0 Å². The molecule has 2 atom stereocenters. The summed E-state index contributed by atoms with van der Waals surface area (Å²) in [4.78, 5) is 0. The highest BCUT2D eigenvalue weighted by molar-refractivity contribution is 5.36. The minimum absolute atomic E-state index is 0.0421. The van der Waals surface area contributed by atoms with E-state index in [1.807, 2.05) is 0 Å². The minimum atomic E-state index is -0.105. The largest absolute Gasteiger partial charge is 0.369 e. The van der Waals surface area contributed by atoms with Crippen molar-refractivity contribution in [3.05, 3.63) is 34.9 Å². The summed E-state index contributed by atoms with van der Waals surface area (Å²) in [6.07, 6.45) is 1.09. The Balaban J connectivity index is 2.42. The van der Waals surface area contributed by atoms with Gasteiger partial charge in [0.1, 0.15) is 0 Å². The van der Waals surface area contributed by atoms with Gasteiger partial charge in [0.05, 0.1) is 11.2 Å². The van der Waals surface area contributed by atoms with Gasteiger partial charge in [0.25, 0.3) is 0 Å². The topological polar surface area (TPSA) is 21.3 Å². The van der Waals surface area contributed by atoms with Crippen LogP contribution in [-0.2, 0) is 4.74 Å². The molecule has 0 saturated carbocycles. The Morgan fingerprint density at radius 1 is 1.24 bits per heavy atom. The van der Waals surface area contributed by atoms with Crippen LogP contribution in [0.4, 0.5) is 0 Å². The van der Waals surface area contributed by atoms with Gasteiger partial charge < -0.3 is 10.1 Å². The zero-order valence-corrected chi connectivity index (χ0v) is 14.7. The van der Waals surface area contributed by atoms with Crippen molar-refractivity contribution in [1.82, 2.24) is 5.32 Å². The third-order valence-electron chi connectivity index (χ3n) is 4.95. The standard InChI is InChI=1S/C19H31NO/c1-8-20-17(15-11-9-10-13(2)14(15)3)16-12-18(4,5)21-19(16,6)7/h9-11,16-17,20H,8,12H2,1-7H3. The fourth-order valence-electron chi connectivity index (χ4n) is 3.92. The van der Waals surface area contributed by atoms with E-state index in [1.165, 1.54) is 16.7 Å². The highest BCUT2D eigenvalue weighted by Crippen LogP contribution is 2.48. The predicted molar refractivity (Wildman–Crippen MR) is 89.7 cm³/mol. The second kappa shape index (κ2) is 5.73. The van der Waals surface area contributed by atoms with Gasteiger partial charge in [0.2, 0.25) is 0 Å². The minimum Gasteiger partial charge on any atom is -0.369 e. The van der Waals surface area contributed by atoms with Crippen LogP contribution in [0.25, 0.3) is 0 Å². The predicted octanol–water partition coefficient (Wildman–Crippen LogP) is 4.55. The second-order valence-electron chi connectivity index (χ2n) is 7.60. The number of aryl methyl sites for hydroxylation is 1. The molecule has 1 fully saturated rings. The average Bonchev–Trinajstić information content (AvgIpc) is 2.58. The lowest BCUT2D eigenvalue weighted by molar-refractivity contribution is -0.0778. The van der Waals surface area contributed by atoms with Gasteiger partial charge in [-0.05, 0) is 71.2 Å². The Hall–Kier alpha value is -0.860. The molecule has 0 amide bonds. The Morgan fingerprint density at radius 3 is 2.43 bits per heavy atom. The summed E-state index contributed by atoms with van der Waals surface area (Å²) in [7, 11) is 0. The molecule has 0 radical (unpaired) electrons. The molecule has 2 unspecified atom stereocenters. The first kappa shape index (κ1) is 16.5. The van der Waals surface area contributed by atoms with E-state index in [2.05, 4.69) is 72.0 Å². The average molecular weight is 289 g/mol. The molecule has 0 bridgehead atoms. The number of ether oxygens (including phenoxy) is 1. The van der Waals surface area contributed by atoms with Gasteiger partial charge in [0, 0.05) is 12.0 Å². The summed E-state index contributed by atoms with van der Waals surface area (Å²) in [5.74, 6) is 0.480. The molecule has 1 heterocycles. The Bertz CT molecular complexity index is 504. The number of benzene rings is 1. The molecular formula is C19H31NO. The van der Waals surface area contributed by atoms with Gasteiger partial charge in [-0.25, -0.2) is 0 Å². The molecule has 1 aliphatic rings. The lowest BCUT2D eigenvalue weighted by atomic mass is 9.77. The quantitative estimate of drug-likeness (QED) is 0.878. The van der Waals surface area contributed by atoms with Crippen molar-refractivity contribution in [3.8, 4) is 0 Å². The molecule has 1 saturated heterocycles. The molecule has 1 N–H and O–H groups in total. The van der Waals surface area contributed by atoms with Crippen LogP contribution in [0.2, 0.25) is 0 Å². The number of hydrogen-bond acceptors (Lipinski definition) is 2. The van der Waals surface area contributed by atoms with Gasteiger partial charge in [-0.1, -0.05) is 25.1 Å². The summed E-state index contributed by atoms with van der Waals surface area (Å²) >= 11 is 0. The first-order valence-electron chi connectivity index (χ1n) is 8.17. The number of hydrogen-bond donors (Lipinski definition) is 1. The van der Waals surface area contributed by atoms with Crippen LogP contribution in [0.3, 0.4) is 0 Å². The molecule has 1 aromatic carbocycles. The van der Waals surface area contributed by atoms with Crippen molar-refractivity contribution >= 4 is 0 Å². The fourth-order valence-corrected chi connectivity index (χ4v) is 3.92. The zero-order valence-electron chi connectivity index (χ0n) is 14.7. The van der Waals surface area contributed by atoms with Crippen LogP contribution >= 0.6 is 0 Å².